The molecule has 0 radical (unpaired) electrons. The second-order valence-electron chi connectivity index (χ2n) is 8.43. The third-order valence-electron chi connectivity index (χ3n) is 6.18. The highest BCUT2D eigenvalue weighted by Gasteiger charge is 2.30. The van der Waals surface area contributed by atoms with Crippen molar-refractivity contribution in [1.82, 2.24) is 14.9 Å². The second-order valence-corrected chi connectivity index (χ2v) is 8.43. The lowest BCUT2D eigenvalue weighted by atomic mass is 10.0. The van der Waals surface area contributed by atoms with Gasteiger partial charge in [0, 0.05) is 56.6 Å². The number of anilines is 2. The summed E-state index contributed by atoms with van der Waals surface area (Å²) in [6, 6.07) is 10.6. The molecular weight excluding hydrogens is 362 g/mol. The van der Waals surface area contributed by atoms with Gasteiger partial charge in [-0.1, -0.05) is 25.0 Å². The molecule has 1 aliphatic heterocycles. The van der Waals surface area contributed by atoms with Gasteiger partial charge >= 0.3 is 0 Å². The van der Waals surface area contributed by atoms with E-state index in [-0.39, 0.29) is 5.92 Å². The smallest absolute Gasteiger partial charge is 0.225 e. The number of carbonyl (C=O) groups is 1. The Hall–Kier alpha value is -2.63. The molecule has 29 heavy (non-hydrogen) atoms. The van der Waals surface area contributed by atoms with Crippen LogP contribution in [0.15, 0.2) is 36.5 Å². The van der Waals surface area contributed by atoms with Crippen LogP contribution < -0.4 is 10.2 Å². The van der Waals surface area contributed by atoms with Crippen molar-refractivity contribution >= 4 is 17.5 Å². The molecule has 2 heterocycles. The quantitative estimate of drug-likeness (QED) is 0.837. The van der Waals surface area contributed by atoms with Gasteiger partial charge in [-0.15, -0.1) is 0 Å². The molecule has 154 valence electrons. The number of likely N-dealkylation sites (tertiary alicyclic amines) is 1. The van der Waals surface area contributed by atoms with Gasteiger partial charge in [0.2, 0.25) is 11.9 Å². The van der Waals surface area contributed by atoms with Crippen molar-refractivity contribution in [2.24, 2.45) is 5.92 Å². The van der Waals surface area contributed by atoms with Crippen molar-refractivity contribution < 1.29 is 4.79 Å². The van der Waals surface area contributed by atoms with Crippen molar-refractivity contribution in [2.45, 2.75) is 44.6 Å². The topological polar surface area (TPSA) is 61.4 Å². The number of piperidine rings is 1. The van der Waals surface area contributed by atoms with Crippen LogP contribution in [0.5, 0.6) is 0 Å². The minimum atomic E-state index is 0.276. The summed E-state index contributed by atoms with van der Waals surface area (Å²) in [7, 11) is 4.07. The molecule has 1 aromatic heterocycles. The standard InChI is InChI=1S/C23H31N5O/c1-27(2)20-9-7-17(8-10-20)21-11-14-24-23(26-21)25-19-12-15-28(16-13-19)22(29)18-5-3-4-6-18/h7-11,14,18-19H,3-6,12-13,15-16H2,1-2H3,(H,24,25,26). The number of nitrogens with zero attached hydrogens (tertiary/aromatic N) is 4. The third kappa shape index (κ3) is 4.69. The van der Waals surface area contributed by atoms with Crippen LogP contribution in [0.3, 0.4) is 0 Å². The minimum absolute atomic E-state index is 0.276. The molecule has 0 spiro atoms. The van der Waals surface area contributed by atoms with Gasteiger partial charge in [0.1, 0.15) is 0 Å². The number of amides is 1. The summed E-state index contributed by atoms with van der Waals surface area (Å²) in [6.45, 7) is 1.66. The summed E-state index contributed by atoms with van der Waals surface area (Å²) in [4.78, 5) is 25.9. The van der Waals surface area contributed by atoms with Gasteiger partial charge in [-0.3, -0.25) is 4.79 Å². The Morgan fingerprint density at radius 1 is 1.03 bits per heavy atom. The van der Waals surface area contributed by atoms with E-state index in [2.05, 4.69) is 44.4 Å². The van der Waals surface area contributed by atoms with Gasteiger partial charge in [0.05, 0.1) is 5.69 Å². The highest BCUT2D eigenvalue weighted by Crippen LogP contribution is 2.28. The van der Waals surface area contributed by atoms with Gasteiger partial charge in [-0.05, 0) is 43.9 Å². The lowest BCUT2D eigenvalue weighted by Gasteiger charge is -2.34. The van der Waals surface area contributed by atoms with Crippen LogP contribution in [-0.4, -0.2) is 54.0 Å². The molecular formula is C23H31N5O. The number of benzene rings is 1. The Morgan fingerprint density at radius 3 is 2.38 bits per heavy atom. The highest BCUT2D eigenvalue weighted by atomic mass is 16.2. The van der Waals surface area contributed by atoms with Crippen molar-refractivity contribution in [3.8, 4) is 11.3 Å². The molecule has 0 unspecified atom stereocenters. The molecule has 0 bridgehead atoms. The zero-order chi connectivity index (χ0) is 20.2. The summed E-state index contributed by atoms with van der Waals surface area (Å²) in [5.41, 5.74) is 3.17. The van der Waals surface area contributed by atoms with E-state index in [1.54, 1.807) is 0 Å². The average molecular weight is 394 g/mol. The first-order chi connectivity index (χ1) is 14.1. The lowest BCUT2D eigenvalue weighted by Crippen LogP contribution is -2.44. The van der Waals surface area contributed by atoms with E-state index in [1.165, 1.54) is 18.5 Å². The normalized spacial score (nSPS) is 18.1. The van der Waals surface area contributed by atoms with Crippen LogP contribution in [-0.2, 0) is 4.79 Å². The fourth-order valence-electron chi connectivity index (χ4n) is 4.38. The first kappa shape index (κ1) is 19.7. The number of nitrogens with one attached hydrogen (secondary N) is 1. The molecule has 6 nitrogen and oxygen atoms in total. The first-order valence-electron chi connectivity index (χ1n) is 10.8. The van der Waals surface area contributed by atoms with Crippen LogP contribution in [0.2, 0.25) is 0 Å². The van der Waals surface area contributed by atoms with Gasteiger partial charge in [0.25, 0.3) is 0 Å². The zero-order valence-electron chi connectivity index (χ0n) is 17.5. The van der Waals surface area contributed by atoms with E-state index in [1.807, 2.05) is 26.4 Å². The molecule has 2 aromatic rings. The molecule has 4 rings (SSSR count). The summed E-state index contributed by atoms with van der Waals surface area (Å²) in [5, 5.41) is 3.48. The Morgan fingerprint density at radius 2 is 1.72 bits per heavy atom. The molecule has 1 aromatic carbocycles. The maximum absolute atomic E-state index is 12.6. The molecule has 6 heteroatoms. The Balaban J connectivity index is 1.34. The van der Waals surface area contributed by atoms with E-state index >= 15 is 0 Å². The first-order valence-corrected chi connectivity index (χ1v) is 10.8. The molecule has 1 aliphatic carbocycles. The van der Waals surface area contributed by atoms with Gasteiger partial charge in [0.15, 0.2) is 0 Å². The van der Waals surface area contributed by atoms with Crippen molar-refractivity contribution in [1.29, 1.82) is 0 Å². The average Bonchev–Trinajstić information content (AvgIpc) is 3.29. The Kier molecular flexibility index (Phi) is 5.97. The predicted octanol–water partition coefficient (Wildman–Crippen LogP) is 3.80. The number of hydrogen-bond donors (Lipinski definition) is 1. The van der Waals surface area contributed by atoms with Crippen LogP contribution in [0.4, 0.5) is 11.6 Å². The Bertz CT molecular complexity index is 821. The number of rotatable bonds is 5. The van der Waals surface area contributed by atoms with Crippen LogP contribution in [0.25, 0.3) is 11.3 Å². The molecule has 1 saturated heterocycles. The van der Waals surface area contributed by atoms with Crippen LogP contribution in [0.1, 0.15) is 38.5 Å². The third-order valence-corrected chi connectivity index (χ3v) is 6.18. The maximum Gasteiger partial charge on any atom is 0.225 e. The molecule has 1 N–H and O–H groups in total. The van der Waals surface area contributed by atoms with E-state index in [4.69, 9.17) is 4.98 Å². The van der Waals surface area contributed by atoms with E-state index in [0.717, 1.165) is 50.0 Å². The SMILES string of the molecule is CN(C)c1ccc(-c2ccnc(NC3CCN(C(=O)C4CCCC4)CC3)n2)cc1. The van der Waals surface area contributed by atoms with Crippen molar-refractivity contribution in [3.63, 3.8) is 0 Å². The highest BCUT2D eigenvalue weighted by molar-refractivity contribution is 5.79. The molecule has 2 aliphatic rings. The number of hydrogen-bond acceptors (Lipinski definition) is 5. The molecule has 1 saturated carbocycles. The summed E-state index contributed by atoms with van der Waals surface area (Å²) in [6.07, 6.45) is 8.27. The molecule has 0 atom stereocenters. The zero-order valence-corrected chi connectivity index (χ0v) is 17.5. The van der Waals surface area contributed by atoms with E-state index in [0.29, 0.717) is 17.9 Å². The fraction of sp³-hybridized carbons (Fsp3) is 0.522. The summed E-state index contributed by atoms with van der Waals surface area (Å²) >= 11 is 0. The van der Waals surface area contributed by atoms with E-state index in [9.17, 15) is 4.79 Å². The summed E-state index contributed by atoms with van der Waals surface area (Å²) < 4.78 is 0. The molecule has 1 amide bonds. The summed E-state index contributed by atoms with van der Waals surface area (Å²) in [5.74, 6) is 1.32. The van der Waals surface area contributed by atoms with Crippen LogP contribution in [0, 0.1) is 5.92 Å². The van der Waals surface area contributed by atoms with Crippen molar-refractivity contribution in [2.75, 3.05) is 37.4 Å². The van der Waals surface area contributed by atoms with Crippen molar-refractivity contribution in [3.05, 3.63) is 36.5 Å². The number of carbonyl (C=O) groups excluding carboxylic acids is 1. The minimum Gasteiger partial charge on any atom is -0.378 e. The predicted molar refractivity (Wildman–Crippen MR) is 117 cm³/mol. The van der Waals surface area contributed by atoms with Gasteiger partial charge in [-0.25, -0.2) is 9.97 Å². The van der Waals surface area contributed by atoms with Crippen LogP contribution >= 0.6 is 0 Å². The van der Waals surface area contributed by atoms with Gasteiger partial charge in [-0.2, -0.15) is 0 Å². The maximum atomic E-state index is 12.6. The number of aromatic nitrogens is 2. The largest absolute Gasteiger partial charge is 0.378 e. The Labute approximate surface area is 173 Å². The monoisotopic (exact) mass is 393 g/mol. The fourth-order valence-corrected chi connectivity index (χ4v) is 4.38. The lowest BCUT2D eigenvalue weighted by molar-refractivity contribution is -0.136. The van der Waals surface area contributed by atoms with E-state index < -0.39 is 0 Å². The van der Waals surface area contributed by atoms with Gasteiger partial charge < -0.3 is 15.1 Å². The second kappa shape index (κ2) is 8.80. The molecule has 2 fully saturated rings.